The Bertz CT molecular complexity index is 1590. The first-order chi connectivity index (χ1) is 18.2. The Hall–Kier alpha value is -2.39. The van der Waals surface area contributed by atoms with Gasteiger partial charge in [-0.3, -0.25) is 4.79 Å². The third-order valence-electron chi connectivity index (χ3n) is 7.28. The third kappa shape index (κ3) is 5.24. The molecule has 1 aliphatic heterocycles. The molecule has 1 saturated heterocycles. The molecule has 2 aliphatic carbocycles. The quantitative estimate of drug-likeness (QED) is 0.493. The van der Waals surface area contributed by atoms with Crippen LogP contribution >= 0.6 is 11.6 Å². The number of hydrogen-bond acceptors (Lipinski definition) is 5. The Morgan fingerprint density at radius 3 is 2.31 bits per heavy atom. The molecule has 15 heteroatoms. The van der Waals surface area contributed by atoms with E-state index in [1.54, 1.807) is 0 Å². The van der Waals surface area contributed by atoms with Crippen molar-refractivity contribution in [1.29, 1.82) is 0 Å². The molecule has 5 rings (SSSR count). The highest BCUT2D eigenvalue weighted by atomic mass is 35.5. The molecule has 1 aromatic carbocycles. The number of fused-ring (bicyclic) bond motifs is 1. The average molecular weight is 607 g/mol. The number of aromatic amines is 1. The highest BCUT2D eigenvalue weighted by Gasteiger charge is 2.47. The van der Waals surface area contributed by atoms with Crippen LogP contribution in [0, 0.1) is 5.92 Å². The van der Waals surface area contributed by atoms with Crippen LogP contribution in [0.3, 0.4) is 0 Å². The molecule has 9 nitrogen and oxygen atoms in total. The van der Waals surface area contributed by atoms with Gasteiger partial charge in [0.25, 0.3) is 5.91 Å². The van der Waals surface area contributed by atoms with Gasteiger partial charge in [0.15, 0.2) is 0 Å². The van der Waals surface area contributed by atoms with E-state index in [0.29, 0.717) is 18.4 Å². The number of halogens is 4. The van der Waals surface area contributed by atoms with Crippen molar-refractivity contribution < 1.29 is 34.8 Å². The van der Waals surface area contributed by atoms with Crippen LogP contribution in [-0.4, -0.2) is 67.7 Å². The van der Waals surface area contributed by atoms with Gasteiger partial charge < -0.3 is 10.7 Å². The van der Waals surface area contributed by atoms with Crippen LogP contribution in [0.1, 0.15) is 42.6 Å². The van der Waals surface area contributed by atoms with Crippen molar-refractivity contribution in [2.24, 2.45) is 11.7 Å². The maximum absolute atomic E-state index is 13.7. The molecular formula is C24H26ClF3N4O5S2. The van der Waals surface area contributed by atoms with Crippen molar-refractivity contribution in [2.75, 3.05) is 13.1 Å². The Balaban J connectivity index is 1.41. The zero-order valence-corrected chi connectivity index (χ0v) is 22.9. The van der Waals surface area contributed by atoms with E-state index in [-0.39, 0.29) is 64.3 Å². The predicted molar refractivity (Wildman–Crippen MR) is 139 cm³/mol. The van der Waals surface area contributed by atoms with E-state index in [1.165, 1.54) is 34.7 Å². The predicted octanol–water partition coefficient (Wildman–Crippen LogP) is 3.89. The van der Waals surface area contributed by atoms with E-state index < -0.39 is 44.1 Å². The molecule has 39 heavy (non-hydrogen) atoms. The number of H-pyrrole nitrogens is 1. The molecular weight excluding hydrogens is 581 g/mol. The Labute approximate surface area is 228 Å². The highest BCUT2D eigenvalue weighted by Crippen LogP contribution is 2.41. The first-order valence-corrected chi connectivity index (χ1v) is 15.6. The second-order valence-corrected chi connectivity index (χ2v) is 14.1. The summed E-state index contributed by atoms with van der Waals surface area (Å²) in [6, 6.07) is 3.54. The summed E-state index contributed by atoms with van der Waals surface area (Å²) in [5.74, 6) is -2.85. The number of allylic oxidation sites excluding steroid dienone is 3. The van der Waals surface area contributed by atoms with Crippen LogP contribution in [0.5, 0.6) is 0 Å². The van der Waals surface area contributed by atoms with Crippen molar-refractivity contribution in [3.05, 3.63) is 52.0 Å². The van der Waals surface area contributed by atoms with Gasteiger partial charge in [0, 0.05) is 41.1 Å². The molecule has 1 amide bonds. The molecule has 0 radical (unpaired) electrons. The van der Waals surface area contributed by atoms with Crippen LogP contribution in [0.15, 0.2) is 46.2 Å². The van der Waals surface area contributed by atoms with Crippen molar-refractivity contribution >= 4 is 48.5 Å². The molecule has 3 N–H and O–H groups in total. The van der Waals surface area contributed by atoms with Crippen molar-refractivity contribution in [2.45, 2.75) is 55.3 Å². The van der Waals surface area contributed by atoms with E-state index in [9.17, 15) is 34.8 Å². The summed E-state index contributed by atoms with van der Waals surface area (Å²) in [5, 5.41) is 0.465. The normalized spacial score (nSPS) is 22.0. The first-order valence-electron chi connectivity index (χ1n) is 12.3. The Morgan fingerprint density at radius 2 is 1.72 bits per heavy atom. The molecule has 0 spiro atoms. The van der Waals surface area contributed by atoms with Crippen molar-refractivity contribution in [1.82, 2.24) is 13.6 Å². The van der Waals surface area contributed by atoms with Crippen molar-refractivity contribution in [3.8, 4) is 0 Å². The van der Waals surface area contributed by atoms with E-state index in [0.717, 1.165) is 10.4 Å². The second kappa shape index (κ2) is 9.91. The monoisotopic (exact) mass is 606 g/mol. The standard InChI is InChI=1S/C24H26ClF3N4O5S2/c25-15-4-7-20-19(13-15)22(21(30-20)23(29)33)39(36,37)31-10-8-17(9-11-31)32(16-5-6-16)38(34,35)18-3-1-2-14(12-18)24(26,27)28/h1,3-4,7,12-14,16-17,30H,2,5-6,8-11H2,(H2,29,33). The summed E-state index contributed by atoms with van der Waals surface area (Å²) in [6.07, 6.45) is -0.286. The lowest BCUT2D eigenvalue weighted by Gasteiger charge is -2.38. The fraction of sp³-hybridized carbons (Fsp3) is 0.458. The van der Waals surface area contributed by atoms with Gasteiger partial charge in [0.2, 0.25) is 20.0 Å². The number of hydrogen-bond donors (Lipinski definition) is 2. The summed E-state index contributed by atoms with van der Waals surface area (Å²) < 4.78 is 96.8. The summed E-state index contributed by atoms with van der Waals surface area (Å²) in [6.45, 7) is -0.117. The van der Waals surface area contributed by atoms with Gasteiger partial charge in [-0.05, 0) is 56.4 Å². The maximum Gasteiger partial charge on any atom is 0.395 e. The average Bonchev–Trinajstić information content (AvgIpc) is 3.61. The zero-order chi connectivity index (χ0) is 28.3. The number of sulfonamides is 2. The minimum atomic E-state index is -4.56. The van der Waals surface area contributed by atoms with Crippen LogP contribution in [0.25, 0.3) is 10.9 Å². The fourth-order valence-electron chi connectivity index (χ4n) is 5.24. The smallest absolute Gasteiger partial charge is 0.364 e. The van der Waals surface area contributed by atoms with Gasteiger partial charge in [-0.2, -0.15) is 21.8 Å². The van der Waals surface area contributed by atoms with Gasteiger partial charge in [-0.15, -0.1) is 0 Å². The SMILES string of the molecule is NC(=O)c1[nH]c2ccc(Cl)cc2c1S(=O)(=O)N1CCC(N(C2CC2)S(=O)(=O)C2=CC(C(F)(F)F)CC=C2)CC1. The summed E-state index contributed by atoms with van der Waals surface area (Å²) >= 11 is 6.07. The second-order valence-electron chi connectivity index (χ2n) is 9.94. The number of nitrogens with two attached hydrogens (primary N) is 1. The molecule has 1 saturated carbocycles. The van der Waals surface area contributed by atoms with Crippen LogP contribution in [-0.2, 0) is 20.0 Å². The lowest BCUT2D eigenvalue weighted by atomic mass is 10.0. The molecule has 2 aromatic rings. The lowest BCUT2D eigenvalue weighted by molar-refractivity contribution is -0.160. The molecule has 1 aromatic heterocycles. The van der Waals surface area contributed by atoms with E-state index in [2.05, 4.69) is 4.98 Å². The topological polar surface area (TPSA) is 134 Å². The number of benzene rings is 1. The number of primary amides is 1. The first kappa shape index (κ1) is 28.1. The highest BCUT2D eigenvalue weighted by molar-refractivity contribution is 7.93. The van der Waals surface area contributed by atoms with Crippen molar-refractivity contribution in [3.63, 3.8) is 0 Å². The van der Waals surface area contributed by atoms with Gasteiger partial charge in [-0.1, -0.05) is 23.8 Å². The van der Waals surface area contributed by atoms with E-state index in [1.807, 2.05) is 0 Å². The van der Waals surface area contributed by atoms with Gasteiger partial charge >= 0.3 is 6.18 Å². The fourth-order valence-corrected chi connectivity index (χ4v) is 9.27. The number of amides is 1. The number of rotatable bonds is 7. The molecule has 2 fully saturated rings. The van der Waals surface area contributed by atoms with E-state index >= 15 is 0 Å². The van der Waals surface area contributed by atoms with Gasteiger partial charge in [-0.25, -0.2) is 16.8 Å². The number of nitrogens with one attached hydrogen (secondary N) is 1. The largest absolute Gasteiger partial charge is 0.395 e. The number of alkyl halides is 3. The summed E-state index contributed by atoms with van der Waals surface area (Å²) in [4.78, 5) is 14.1. The van der Waals surface area contributed by atoms with E-state index in [4.69, 9.17) is 17.3 Å². The van der Waals surface area contributed by atoms with Gasteiger partial charge in [0.1, 0.15) is 10.6 Å². The number of aromatic nitrogens is 1. The summed E-state index contributed by atoms with van der Waals surface area (Å²) in [5.41, 5.74) is 5.53. The van der Waals surface area contributed by atoms with Crippen LogP contribution < -0.4 is 5.73 Å². The molecule has 212 valence electrons. The third-order valence-corrected chi connectivity index (χ3v) is 11.5. The van der Waals surface area contributed by atoms with Crippen LogP contribution in [0.2, 0.25) is 5.02 Å². The zero-order valence-electron chi connectivity index (χ0n) is 20.5. The summed E-state index contributed by atoms with van der Waals surface area (Å²) in [7, 11) is -8.49. The van der Waals surface area contributed by atoms with Crippen LogP contribution in [0.4, 0.5) is 13.2 Å². The molecule has 3 aliphatic rings. The lowest BCUT2D eigenvalue weighted by Crippen LogP contribution is -2.50. The molecule has 1 unspecified atom stereocenters. The number of piperidine rings is 1. The molecule has 2 heterocycles. The maximum atomic E-state index is 13.7. The number of carbonyl (C=O) groups is 1. The number of carbonyl (C=O) groups excluding carboxylic acids is 1. The number of nitrogens with zero attached hydrogens (tertiary/aromatic N) is 2. The minimum Gasteiger partial charge on any atom is -0.364 e. The molecule has 1 atom stereocenters. The Morgan fingerprint density at radius 1 is 1.08 bits per heavy atom. The molecule has 0 bridgehead atoms. The minimum absolute atomic E-state index is 0.0583. The van der Waals surface area contributed by atoms with Gasteiger partial charge in [0.05, 0.1) is 10.8 Å². The Kier molecular flexibility index (Phi) is 7.15.